The van der Waals surface area contributed by atoms with E-state index in [1.165, 1.54) is 173 Å². The lowest BCUT2D eigenvalue weighted by atomic mass is 10.0. The molecule has 0 aromatic heterocycles. The lowest BCUT2D eigenvalue weighted by Crippen LogP contribution is -2.45. The number of amides is 1. The number of unbranched alkanes of at least 4 members (excludes halogenated alkanes) is 29. The Morgan fingerprint density at radius 1 is 0.532 bits per heavy atom. The number of hydrogen-bond acceptors (Lipinski definition) is 4. The van der Waals surface area contributed by atoms with Crippen molar-refractivity contribution in [1.29, 1.82) is 0 Å². The fourth-order valence-electron chi connectivity index (χ4n) is 6.58. The Morgan fingerprint density at radius 2 is 0.872 bits per heavy atom. The van der Waals surface area contributed by atoms with Gasteiger partial charge in [0.2, 0.25) is 5.91 Å². The van der Waals surface area contributed by atoms with Crippen LogP contribution in [-0.4, -0.2) is 46.1 Å². The van der Waals surface area contributed by atoms with Gasteiger partial charge in [0.1, 0.15) is 0 Å². The van der Waals surface area contributed by atoms with Crippen LogP contribution in [0, 0.1) is 0 Å². The molecule has 3 atom stereocenters. The van der Waals surface area contributed by atoms with E-state index >= 15 is 0 Å². The maximum Gasteiger partial charge on any atom is 0.222 e. The smallest absolute Gasteiger partial charge is 0.222 e. The van der Waals surface area contributed by atoms with E-state index in [9.17, 15) is 20.1 Å². The molecule has 0 aliphatic heterocycles. The molecular formula is C42H83NO4. The summed E-state index contributed by atoms with van der Waals surface area (Å²) in [6, 6.07) is -0.738. The van der Waals surface area contributed by atoms with Crippen molar-refractivity contribution in [2.24, 2.45) is 0 Å². The number of allylic oxidation sites excluding steroid dienone is 1. The Hall–Kier alpha value is -0.910. The van der Waals surface area contributed by atoms with Crippen LogP contribution in [0.25, 0.3) is 0 Å². The predicted octanol–water partition coefficient (Wildman–Crippen LogP) is 11.7. The molecule has 0 rings (SSSR count). The summed E-state index contributed by atoms with van der Waals surface area (Å²) in [5.74, 6) is -0.313. The van der Waals surface area contributed by atoms with Crippen molar-refractivity contribution in [2.75, 3.05) is 6.61 Å². The van der Waals surface area contributed by atoms with Crippen molar-refractivity contribution in [2.45, 2.75) is 244 Å². The van der Waals surface area contributed by atoms with Crippen LogP contribution in [-0.2, 0) is 4.79 Å². The van der Waals surface area contributed by atoms with Gasteiger partial charge in [-0.05, 0) is 19.3 Å². The number of nitrogens with one attached hydrogen (secondary N) is 1. The van der Waals surface area contributed by atoms with Gasteiger partial charge in [-0.3, -0.25) is 4.79 Å². The molecular weight excluding hydrogens is 582 g/mol. The summed E-state index contributed by atoms with van der Waals surface area (Å²) in [6.07, 6.45) is 43.5. The Labute approximate surface area is 293 Å². The maximum absolute atomic E-state index is 12.4. The van der Waals surface area contributed by atoms with E-state index < -0.39 is 18.2 Å². The zero-order valence-corrected chi connectivity index (χ0v) is 31.7. The van der Waals surface area contributed by atoms with Crippen LogP contribution in [0.4, 0.5) is 0 Å². The molecule has 0 aromatic carbocycles. The molecule has 0 saturated heterocycles. The maximum atomic E-state index is 12.4. The molecule has 0 saturated carbocycles. The summed E-state index contributed by atoms with van der Waals surface area (Å²) in [5, 5.41) is 33.1. The number of aliphatic hydroxyl groups excluding tert-OH is 3. The topological polar surface area (TPSA) is 89.8 Å². The molecule has 5 nitrogen and oxygen atoms in total. The summed E-state index contributed by atoms with van der Waals surface area (Å²) in [7, 11) is 0. The lowest BCUT2D eigenvalue weighted by molar-refractivity contribution is -0.124. The Bertz CT molecular complexity index is 655. The number of carbonyl (C=O) groups is 1. The molecule has 0 aromatic rings. The number of rotatable bonds is 38. The molecule has 0 aliphatic carbocycles. The second-order valence-corrected chi connectivity index (χ2v) is 14.6. The van der Waals surface area contributed by atoms with E-state index in [0.717, 1.165) is 25.7 Å². The quantitative estimate of drug-likeness (QED) is 0.0390. The fraction of sp³-hybridized carbons (Fsp3) is 0.929. The highest BCUT2D eigenvalue weighted by Crippen LogP contribution is 2.16. The number of aliphatic hydroxyl groups is 3. The SMILES string of the molecule is CCCCCCCCCCCC/C=C/C(O)C(CO)NC(=O)CC(O)CCCCCCCCCCCCCCCCCCCCCC. The fourth-order valence-corrected chi connectivity index (χ4v) is 6.58. The van der Waals surface area contributed by atoms with Crippen molar-refractivity contribution in [3.05, 3.63) is 12.2 Å². The molecule has 3 unspecified atom stereocenters. The van der Waals surface area contributed by atoms with Crippen molar-refractivity contribution < 1.29 is 20.1 Å². The molecule has 0 fully saturated rings. The number of carbonyl (C=O) groups excluding carboxylic acids is 1. The van der Waals surface area contributed by atoms with Crippen molar-refractivity contribution in [3.63, 3.8) is 0 Å². The minimum Gasteiger partial charge on any atom is -0.394 e. The molecule has 280 valence electrons. The predicted molar refractivity (Wildman–Crippen MR) is 204 cm³/mol. The van der Waals surface area contributed by atoms with Gasteiger partial charge >= 0.3 is 0 Å². The molecule has 1 amide bonds. The summed E-state index contributed by atoms with van der Waals surface area (Å²) in [6.45, 7) is 4.21. The van der Waals surface area contributed by atoms with Gasteiger partial charge in [-0.25, -0.2) is 0 Å². The summed E-state index contributed by atoms with van der Waals surface area (Å²) >= 11 is 0. The average molecular weight is 666 g/mol. The van der Waals surface area contributed by atoms with Crippen LogP contribution in [0.3, 0.4) is 0 Å². The minimum atomic E-state index is -0.922. The minimum absolute atomic E-state index is 0.0185. The van der Waals surface area contributed by atoms with Gasteiger partial charge in [0.15, 0.2) is 0 Å². The van der Waals surface area contributed by atoms with Crippen LogP contribution in [0.1, 0.15) is 226 Å². The largest absolute Gasteiger partial charge is 0.394 e. The first-order valence-corrected chi connectivity index (χ1v) is 21.0. The summed E-state index contributed by atoms with van der Waals surface area (Å²) in [4.78, 5) is 12.4. The van der Waals surface area contributed by atoms with Gasteiger partial charge in [0.25, 0.3) is 0 Å². The monoisotopic (exact) mass is 666 g/mol. The zero-order valence-electron chi connectivity index (χ0n) is 31.7. The van der Waals surface area contributed by atoms with Gasteiger partial charge in [-0.2, -0.15) is 0 Å². The van der Waals surface area contributed by atoms with Gasteiger partial charge in [0, 0.05) is 0 Å². The van der Waals surface area contributed by atoms with Crippen molar-refractivity contribution in [3.8, 4) is 0 Å². The highest BCUT2D eigenvalue weighted by molar-refractivity contribution is 5.76. The van der Waals surface area contributed by atoms with E-state index in [4.69, 9.17) is 0 Å². The van der Waals surface area contributed by atoms with Crippen LogP contribution in [0.5, 0.6) is 0 Å². The standard InChI is InChI=1S/C42H83NO4/c1-3-5-7-9-11-13-15-17-18-19-20-21-22-23-24-25-27-29-31-33-35-39(45)37-42(47)43-40(38-44)41(46)36-34-32-30-28-26-16-14-12-10-8-6-4-2/h34,36,39-41,44-46H,3-33,35,37-38H2,1-2H3,(H,43,47)/b36-34+. The second-order valence-electron chi connectivity index (χ2n) is 14.6. The first kappa shape index (κ1) is 46.1. The second kappa shape index (κ2) is 37.9. The van der Waals surface area contributed by atoms with Crippen LogP contribution >= 0.6 is 0 Å². The third-order valence-electron chi connectivity index (χ3n) is 9.82. The molecule has 0 aliphatic rings. The molecule has 0 heterocycles. The van der Waals surface area contributed by atoms with Crippen LogP contribution < -0.4 is 5.32 Å². The highest BCUT2D eigenvalue weighted by atomic mass is 16.3. The van der Waals surface area contributed by atoms with Gasteiger partial charge in [-0.1, -0.05) is 212 Å². The van der Waals surface area contributed by atoms with Gasteiger partial charge < -0.3 is 20.6 Å². The molecule has 4 N–H and O–H groups in total. The van der Waals surface area contributed by atoms with Crippen LogP contribution in [0.2, 0.25) is 0 Å². The van der Waals surface area contributed by atoms with Gasteiger partial charge in [0.05, 0.1) is 31.3 Å². The van der Waals surface area contributed by atoms with Crippen molar-refractivity contribution >= 4 is 5.91 Å². The molecule has 0 radical (unpaired) electrons. The first-order chi connectivity index (χ1) is 23.0. The average Bonchev–Trinajstić information content (AvgIpc) is 3.06. The zero-order chi connectivity index (χ0) is 34.5. The molecule has 47 heavy (non-hydrogen) atoms. The highest BCUT2D eigenvalue weighted by Gasteiger charge is 2.20. The first-order valence-electron chi connectivity index (χ1n) is 21.0. The molecule has 0 spiro atoms. The lowest BCUT2D eigenvalue weighted by Gasteiger charge is -2.21. The van der Waals surface area contributed by atoms with E-state index in [-0.39, 0.29) is 18.9 Å². The van der Waals surface area contributed by atoms with E-state index in [2.05, 4.69) is 19.2 Å². The van der Waals surface area contributed by atoms with E-state index in [1.807, 2.05) is 6.08 Å². The summed E-state index contributed by atoms with van der Waals surface area (Å²) < 4.78 is 0. The Kier molecular flexibility index (Phi) is 37.2. The van der Waals surface area contributed by atoms with Crippen LogP contribution in [0.15, 0.2) is 12.2 Å². The Balaban J connectivity index is 3.61. The molecule has 5 heteroatoms. The third-order valence-corrected chi connectivity index (χ3v) is 9.82. The van der Waals surface area contributed by atoms with Crippen molar-refractivity contribution in [1.82, 2.24) is 5.32 Å². The summed E-state index contributed by atoms with van der Waals surface area (Å²) in [5.41, 5.74) is 0. The van der Waals surface area contributed by atoms with E-state index in [0.29, 0.717) is 6.42 Å². The van der Waals surface area contributed by atoms with E-state index in [1.54, 1.807) is 6.08 Å². The third kappa shape index (κ3) is 34.7. The van der Waals surface area contributed by atoms with Gasteiger partial charge in [-0.15, -0.1) is 0 Å². The normalized spacial score (nSPS) is 13.7. The molecule has 0 bridgehead atoms. The Morgan fingerprint density at radius 3 is 1.23 bits per heavy atom. The number of hydrogen-bond donors (Lipinski definition) is 4.